The lowest BCUT2D eigenvalue weighted by atomic mass is 10.2. The van der Waals surface area contributed by atoms with Crippen LogP contribution in [0.5, 0.6) is 0 Å². The van der Waals surface area contributed by atoms with E-state index in [2.05, 4.69) is 15.3 Å². The fourth-order valence-electron chi connectivity index (χ4n) is 2.56. The smallest absolute Gasteiger partial charge is 0.407 e. The second kappa shape index (κ2) is 6.62. The number of hydrogen-bond acceptors (Lipinski definition) is 6. The van der Waals surface area contributed by atoms with Gasteiger partial charge in [-0.25, -0.2) is 19.6 Å². The monoisotopic (exact) mass is 336 g/mol. The molecule has 0 aromatic carbocycles. The molecule has 0 unspecified atom stereocenters. The molecule has 2 rings (SSSR count). The number of aromatic nitrogens is 2. The van der Waals surface area contributed by atoms with Crippen LogP contribution < -0.4 is 10.2 Å². The number of aromatic carboxylic acids is 1. The highest BCUT2D eigenvalue weighted by Crippen LogP contribution is 2.24. The van der Waals surface area contributed by atoms with E-state index in [9.17, 15) is 9.59 Å². The molecule has 1 aliphatic rings. The van der Waals surface area contributed by atoms with Gasteiger partial charge in [-0.05, 0) is 41.0 Å². The molecule has 1 fully saturated rings. The van der Waals surface area contributed by atoms with Gasteiger partial charge in [-0.1, -0.05) is 0 Å². The second-order valence-corrected chi connectivity index (χ2v) is 6.96. The molecule has 1 amide bonds. The summed E-state index contributed by atoms with van der Waals surface area (Å²) in [5.74, 6) is -0.757. The number of rotatable bonds is 3. The zero-order chi connectivity index (χ0) is 18.1. The molecule has 1 aromatic heterocycles. The molecule has 1 atom stereocenters. The summed E-state index contributed by atoms with van der Waals surface area (Å²) in [6.45, 7) is 10.3. The number of carboxylic acids is 1. The number of carbonyl (C=O) groups excluding carboxylic acids is 1. The summed E-state index contributed by atoms with van der Waals surface area (Å²) >= 11 is 0. The summed E-state index contributed by atoms with van der Waals surface area (Å²) < 4.78 is 5.26. The molecule has 0 aliphatic carbocycles. The lowest BCUT2D eigenvalue weighted by molar-refractivity contribution is 0.0508. The highest BCUT2D eigenvalue weighted by atomic mass is 16.6. The molecule has 0 bridgehead atoms. The van der Waals surface area contributed by atoms with E-state index in [1.807, 2.05) is 32.6 Å². The minimum Gasteiger partial charge on any atom is -0.475 e. The van der Waals surface area contributed by atoms with Crippen LogP contribution in [0.25, 0.3) is 0 Å². The van der Waals surface area contributed by atoms with Gasteiger partial charge in [-0.15, -0.1) is 0 Å². The molecule has 0 radical (unpaired) electrons. The first-order valence-electron chi connectivity index (χ1n) is 7.90. The van der Waals surface area contributed by atoms with Gasteiger partial charge in [0.15, 0.2) is 0 Å². The molecule has 0 spiro atoms. The number of aryl methyl sites for hydroxylation is 1. The molecule has 132 valence electrons. The van der Waals surface area contributed by atoms with Crippen LogP contribution in [-0.2, 0) is 4.74 Å². The van der Waals surface area contributed by atoms with E-state index >= 15 is 0 Å². The van der Waals surface area contributed by atoms with Crippen LogP contribution in [0.4, 0.5) is 10.6 Å². The van der Waals surface area contributed by atoms with Crippen molar-refractivity contribution in [2.24, 2.45) is 0 Å². The number of nitrogens with zero attached hydrogens (tertiary/aromatic N) is 3. The average molecular weight is 336 g/mol. The van der Waals surface area contributed by atoms with Crippen molar-refractivity contribution in [3.05, 3.63) is 17.1 Å². The zero-order valence-electron chi connectivity index (χ0n) is 14.7. The van der Waals surface area contributed by atoms with Crippen LogP contribution >= 0.6 is 0 Å². The SMILES string of the molecule is Cc1nc(C(=O)O)nc(N2CC[C@@H](NC(=O)OC(C)(C)C)C2)c1C. The molecular weight excluding hydrogens is 312 g/mol. The summed E-state index contributed by atoms with van der Waals surface area (Å²) in [5.41, 5.74) is 0.943. The quantitative estimate of drug-likeness (QED) is 0.868. The van der Waals surface area contributed by atoms with E-state index in [0.717, 1.165) is 12.0 Å². The number of carbonyl (C=O) groups is 2. The molecule has 2 heterocycles. The van der Waals surface area contributed by atoms with Crippen molar-refractivity contribution in [2.75, 3.05) is 18.0 Å². The van der Waals surface area contributed by atoms with E-state index in [1.54, 1.807) is 6.92 Å². The van der Waals surface area contributed by atoms with Crippen LogP contribution in [0.3, 0.4) is 0 Å². The Hall–Kier alpha value is -2.38. The van der Waals surface area contributed by atoms with E-state index in [0.29, 0.717) is 24.6 Å². The van der Waals surface area contributed by atoms with Crippen molar-refractivity contribution in [3.63, 3.8) is 0 Å². The Morgan fingerprint density at radius 3 is 2.54 bits per heavy atom. The summed E-state index contributed by atoms with van der Waals surface area (Å²) in [7, 11) is 0. The van der Waals surface area contributed by atoms with Gasteiger partial charge in [-0.3, -0.25) is 0 Å². The highest BCUT2D eigenvalue weighted by Gasteiger charge is 2.28. The van der Waals surface area contributed by atoms with Gasteiger partial charge in [-0.2, -0.15) is 0 Å². The largest absolute Gasteiger partial charge is 0.475 e. The van der Waals surface area contributed by atoms with Gasteiger partial charge < -0.3 is 20.1 Å². The number of amides is 1. The average Bonchev–Trinajstić information content (AvgIpc) is 2.87. The molecule has 24 heavy (non-hydrogen) atoms. The molecule has 0 saturated carbocycles. The predicted octanol–water partition coefficient (Wildman–Crippen LogP) is 1.90. The predicted molar refractivity (Wildman–Crippen MR) is 88.5 cm³/mol. The summed E-state index contributed by atoms with van der Waals surface area (Å²) in [5, 5.41) is 12.0. The Balaban J connectivity index is 2.08. The Labute approximate surface area is 141 Å². The zero-order valence-corrected chi connectivity index (χ0v) is 14.7. The number of alkyl carbamates (subject to hydrolysis) is 1. The molecule has 1 aromatic rings. The normalized spacial score (nSPS) is 17.7. The second-order valence-electron chi connectivity index (χ2n) is 6.96. The summed E-state index contributed by atoms with van der Waals surface area (Å²) in [4.78, 5) is 33.1. The third kappa shape index (κ3) is 4.33. The van der Waals surface area contributed by atoms with Crippen LogP contribution in [0.1, 0.15) is 49.1 Å². The minimum absolute atomic E-state index is 0.0669. The molecule has 1 aliphatic heterocycles. The van der Waals surface area contributed by atoms with Gasteiger partial charge in [0.25, 0.3) is 0 Å². The minimum atomic E-state index is -1.15. The van der Waals surface area contributed by atoms with Crippen molar-refractivity contribution in [1.29, 1.82) is 0 Å². The maximum absolute atomic E-state index is 11.9. The van der Waals surface area contributed by atoms with Crippen LogP contribution in [0, 0.1) is 13.8 Å². The Morgan fingerprint density at radius 2 is 1.96 bits per heavy atom. The van der Waals surface area contributed by atoms with Gasteiger partial charge in [0.1, 0.15) is 11.4 Å². The maximum atomic E-state index is 11.9. The Kier molecular flexibility index (Phi) is 4.96. The third-order valence-corrected chi connectivity index (χ3v) is 3.76. The van der Waals surface area contributed by atoms with E-state index in [4.69, 9.17) is 9.84 Å². The topological polar surface area (TPSA) is 105 Å². The van der Waals surface area contributed by atoms with Crippen LogP contribution in [0.15, 0.2) is 0 Å². The van der Waals surface area contributed by atoms with E-state index < -0.39 is 17.7 Å². The first kappa shape index (κ1) is 18.0. The fraction of sp³-hybridized carbons (Fsp3) is 0.625. The number of anilines is 1. The summed E-state index contributed by atoms with van der Waals surface area (Å²) in [6, 6.07) is -0.0669. The molecule has 1 saturated heterocycles. The number of ether oxygens (including phenoxy) is 1. The van der Waals surface area contributed by atoms with Gasteiger partial charge in [0, 0.05) is 24.3 Å². The number of hydrogen-bond donors (Lipinski definition) is 2. The maximum Gasteiger partial charge on any atom is 0.407 e. The van der Waals surface area contributed by atoms with Crippen LogP contribution in [0.2, 0.25) is 0 Å². The molecule has 2 N–H and O–H groups in total. The van der Waals surface area contributed by atoms with Crippen molar-refractivity contribution in [3.8, 4) is 0 Å². The lowest BCUT2D eigenvalue weighted by Crippen LogP contribution is -2.40. The van der Waals surface area contributed by atoms with E-state index in [-0.39, 0.29) is 11.9 Å². The molecular formula is C16H24N4O4. The van der Waals surface area contributed by atoms with Gasteiger partial charge in [0.05, 0.1) is 6.04 Å². The van der Waals surface area contributed by atoms with Crippen molar-refractivity contribution in [2.45, 2.75) is 52.7 Å². The number of nitrogens with one attached hydrogen (secondary N) is 1. The molecule has 8 nitrogen and oxygen atoms in total. The van der Waals surface area contributed by atoms with Crippen molar-refractivity contribution in [1.82, 2.24) is 15.3 Å². The standard InChI is InChI=1S/C16H24N4O4/c1-9-10(2)17-12(14(21)22)19-13(9)20-7-6-11(8-20)18-15(23)24-16(3,4)5/h11H,6-8H2,1-5H3,(H,18,23)(H,21,22)/t11-/m1/s1. The highest BCUT2D eigenvalue weighted by molar-refractivity contribution is 5.84. The first-order chi connectivity index (χ1) is 11.1. The Bertz CT molecular complexity index is 654. The van der Waals surface area contributed by atoms with Crippen LogP contribution in [-0.4, -0.2) is 51.9 Å². The lowest BCUT2D eigenvalue weighted by Gasteiger charge is -2.23. The van der Waals surface area contributed by atoms with Crippen molar-refractivity contribution < 1.29 is 19.4 Å². The number of carboxylic acid groups (broad SMARTS) is 1. The third-order valence-electron chi connectivity index (χ3n) is 3.76. The van der Waals surface area contributed by atoms with Gasteiger partial charge in [0.2, 0.25) is 5.82 Å². The van der Waals surface area contributed by atoms with Crippen molar-refractivity contribution >= 4 is 17.9 Å². The van der Waals surface area contributed by atoms with Gasteiger partial charge >= 0.3 is 12.1 Å². The Morgan fingerprint density at radius 1 is 1.29 bits per heavy atom. The fourth-order valence-corrected chi connectivity index (χ4v) is 2.56. The summed E-state index contributed by atoms with van der Waals surface area (Å²) in [6.07, 6.45) is 0.292. The molecule has 8 heteroatoms. The first-order valence-corrected chi connectivity index (χ1v) is 7.90. The van der Waals surface area contributed by atoms with E-state index in [1.165, 1.54) is 0 Å².